The maximum Gasteiger partial charge on any atom is 0.0995 e. The van der Waals surface area contributed by atoms with Crippen molar-refractivity contribution in [2.75, 3.05) is 0 Å². The molecule has 0 aromatic carbocycles. The molecule has 1 atom stereocenters. The number of hydrogen-bond donors (Lipinski definition) is 1. The molecule has 0 amide bonds. The fourth-order valence-corrected chi connectivity index (χ4v) is 3.70. The van der Waals surface area contributed by atoms with Crippen LogP contribution in [0.2, 0.25) is 0 Å². The summed E-state index contributed by atoms with van der Waals surface area (Å²) in [7, 11) is 0. The van der Waals surface area contributed by atoms with Gasteiger partial charge >= 0.3 is 0 Å². The van der Waals surface area contributed by atoms with E-state index in [4.69, 9.17) is 0 Å². The van der Waals surface area contributed by atoms with Gasteiger partial charge in [0.25, 0.3) is 0 Å². The van der Waals surface area contributed by atoms with Crippen LogP contribution in [-0.4, -0.2) is 14.5 Å². The Morgan fingerprint density at radius 2 is 2.06 bits per heavy atom. The molecule has 0 aliphatic heterocycles. The highest BCUT2D eigenvalue weighted by molar-refractivity contribution is 14.1. The smallest absolute Gasteiger partial charge is 0.0995 e. The van der Waals surface area contributed by atoms with E-state index in [-0.39, 0.29) is 6.10 Å². The van der Waals surface area contributed by atoms with Crippen molar-refractivity contribution in [3.63, 3.8) is 0 Å². The predicted molar refractivity (Wildman–Crippen MR) is 79.4 cm³/mol. The Hall–Kier alpha value is -0.620. The minimum Gasteiger partial charge on any atom is -0.387 e. The standard InChI is InChI=1S/C14H17IN2O/c15-12-7-6-11-8-16-9-17(11)13(12)14(18)10-4-2-1-3-5-10/h6-10,14,18H,1-5H2/t14-/m0/s1. The SMILES string of the molecule is O[C@H](c1c(I)ccc2cncn12)C1CCCCC1. The molecule has 0 saturated heterocycles. The lowest BCUT2D eigenvalue weighted by Crippen LogP contribution is -2.19. The van der Waals surface area contributed by atoms with E-state index >= 15 is 0 Å². The third kappa shape index (κ3) is 2.16. The van der Waals surface area contributed by atoms with E-state index in [1.807, 2.05) is 16.7 Å². The maximum atomic E-state index is 10.7. The molecule has 0 bridgehead atoms. The molecule has 2 aromatic rings. The number of pyridine rings is 1. The summed E-state index contributed by atoms with van der Waals surface area (Å²) in [5.41, 5.74) is 2.07. The molecule has 4 heteroatoms. The summed E-state index contributed by atoms with van der Waals surface area (Å²) in [6, 6.07) is 4.12. The molecule has 1 saturated carbocycles. The number of hydrogen-bond acceptors (Lipinski definition) is 2. The number of fused-ring (bicyclic) bond motifs is 1. The number of aliphatic hydroxyl groups is 1. The highest BCUT2D eigenvalue weighted by Crippen LogP contribution is 2.36. The summed E-state index contributed by atoms with van der Waals surface area (Å²) in [5.74, 6) is 0.403. The highest BCUT2D eigenvalue weighted by atomic mass is 127. The van der Waals surface area contributed by atoms with Gasteiger partial charge in [-0.15, -0.1) is 0 Å². The van der Waals surface area contributed by atoms with Gasteiger partial charge in [0, 0.05) is 3.57 Å². The van der Waals surface area contributed by atoms with Crippen molar-refractivity contribution >= 4 is 28.1 Å². The largest absolute Gasteiger partial charge is 0.387 e. The molecule has 0 radical (unpaired) electrons. The average Bonchev–Trinajstić information content (AvgIpc) is 2.87. The zero-order valence-corrected chi connectivity index (χ0v) is 12.4. The van der Waals surface area contributed by atoms with Gasteiger partial charge in [-0.2, -0.15) is 0 Å². The molecule has 2 aromatic heterocycles. The molecule has 1 fully saturated rings. The monoisotopic (exact) mass is 356 g/mol. The van der Waals surface area contributed by atoms with Gasteiger partial charge in [0.05, 0.1) is 29.8 Å². The zero-order chi connectivity index (χ0) is 12.5. The number of imidazole rings is 1. The summed E-state index contributed by atoms with van der Waals surface area (Å²) in [6.45, 7) is 0. The summed E-state index contributed by atoms with van der Waals surface area (Å²) in [6.07, 6.45) is 9.37. The third-order valence-corrected chi connectivity index (χ3v) is 4.86. The van der Waals surface area contributed by atoms with E-state index in [2.05, 4.69) is 33.6 Å². The second-order valence-electron chi connectivity index (χ2n) is 5.10. The molecule has 3 rings (SSSR count). The molecule has 1 aliphatic carbocycles. The van der Waals surface area contributed by atoms with Gasteiger partial charge in [-0.05, 0) is 53.5 Å². The average molecular weight is 356 g/mol. The molecule has 0 unspecified atom stereocenters. The number of nitrogens with zero attached hydrogens (tertiary/aromatic N) is 2. The first kappa shape index (κ1) is 12.4. The van der Waals surface area contributed by atoms with Crippen LogP contribution in [0.15, 0.2) is 24.7 Å². The second-order valence-corrected chi connectivity index (χ2v) is 6.26. The van der Waals surface area contributed by atoms with Gasteiger partial charge in [0.15, 0.2) is 0 Å². The van der Waals surface area contributed by atoms with Crippen molar-refractivity contribution in [2.45, 2.75) is 38.2 Å². The molecule has 1 aliphatic rings. The zero-order valence-electron chi connectivity index (χ0n) is 10.2. The van der Waals surface area contributed by atoms with Gasteiger partial charge in [-0.25, -0.2) is 4.98 Å². The lowest BCUT2D eigenvalue weighted by molar-refractivity contribution is 0.0794. The van der Waals surface area contributed by atoms with Gasteiger partial charge in [-0.3, -0.25) is 4.40 Å². The number of halogens is 1. The summed E-state index contributed by atoms with van der Waals surface area (Å²) in [4.78, 5) is 4.18. The van der Waals surface area contributed by atoms with Crippen LogP contribution in [0.4, 0.5) is 0 Å². The Bertz CT molecular complexity index is 546. The second kappa shape index (κ2) is 5.17. The van der Waals surface area contributed by atoms with E-state index < -0.39 is 0 Å². The van der Waals surface area contributed by atoms with Crippen LogP contribution in [0.1, 0.15) is 43.9 Å². The van der Waals surface area contributed by atoms with Crippen LogP contribution in [0.25, 0.3) is 5.52 Å². The van der Waals surface area contributed by atoms with E-state index in [0.717, 1.165) is 27.6 Å². The van der Waals surface area contributed by atoms with Crippen molar-refractivity contribution in [3.8, 4) is 0 Å². The van der Waals surface area contributed by atoms with E-state index in [9.17, 15) is 5.11 Å². The van der Waals surface area contributed by atoms with Crippen LogP contribution in [0.5, 0.6) is 0 Å². The molecular formula is C14H17IN2O. The molecule has 3 nitrogen and oxygen atoms in total. The first-order chi connectivity index (χ1) is 8.77. The molecule has 96 valence electrons. The Morgan fingerprint density at radius 1 is 1.28 bits per heavy atom. The van der Waals surface area contributed by atoms with Gasteiger partial charge in [0.2, 0.25) is 0 Å². The van der Waals surface area contributed by atoms with E-state index in [1.54, 1.807) is 6.33 Å². The van der Waals surface area contributed by atoms with Crippen molar-refractivity contribution in [3.05, 3.63) is 33.9 Å². The van der Waals surface area contributed by atoms with Gasteiger partial charge < -0.3 is 5.11 Å². The molecule has 2 heterocycles. The Kier molecular flexibility index (Phi) is 3.56. The van der Waals surface area contributed by atoms with Crippen LogP contribution < -0.4 is 0 Å². The van der Waals surface area contributed by atoms with E-state index in [0.29, 0.717) is 5.92 Å². The van der Waals surface area contributed by atoms with Crippen molar-refractivity contribution < 1.29 is 5.11 Å². The molecule has 18 heavy (non-hydrogen) atoms. The predicted octanol–water partition coefficient (Wildman–Crippen LogP) is 3.55. The fourth-order valence-electron chi connectivity index (χ4n) is 2.95. The first-order valence-electron chi connectivity index (χ1n) is 6.56. The van der Waals surface area contributed by atoms with Crippen molar-refractivity contribution in [1.82, 2.24) is 9.38 Å². The van der Waals surface area contributed by atoms with Crippen molar-refractivity contribution in [2.24, 2.45) is 5.92 Å². The Balaban J connectivity index is 2.01. The van der Waals surface area contributed by atoms with Crippen LogP contribution in [0.3, 0.4) is 0 Å². The first-order valence-corrected chi connectivity index (χ1v) is 7.64. The number of aliphatic hydroxyl groups excluding tert-OH is 1. The van der Waals surface area contributed by atoms with E-state index in [1.165, 1.54) is 19.3 Å². The number of aromatic nitrogens is 2. The summed E-state index contributed by atoms with van der Waals surface area (Å²) in [5, 5.41) is 10.7. The maximum absolute atomic E-state index is 10.7. The lowest BCUT2D eigenvalue weighted by Gasteiger charge is -2.27. The van der Waals surface area contributed by atoms with Crippen LogP contribution in [-0.2, 0) is 0 Å². The minimum absolute atomic E-state index is 0.366. The third-order valence-electron chi connectivity index (χ3n) is 3.95. The van der Waals surface area contributed by atoms with Gasteiger partial charge in [0.1, 0.15) is 0 Å². The molecule has 0 spiro atoms. The minimum atomic E-state index is -0.366. The molecular weight excluding hydrogens is 339 g/mol. The fraction of sp³-hybridized carbons (Fsp3) is 0.500. The topological polar surface area (TPSA) is 37.5 Å². The Labute approximate surface area is 120 Å². The van der Waals surface area contributed by atoms with Crippen LogP contribution in [0, 0.1) is 9.49 Å². The Morgan fingerprint density at radius 3 is 2.83 bits per heavy atom. The lowest BCUT2D eigenvalue weighted by atomic mass is 9.84. The summed E-state index contributed by atoms with van der Waals surface area (Å²) >= 11 is 2.31. The van der Waals surface area contributed by atoms with Crippen molar-refractivity contribution in [1.29, 1.82) is 0 Å². The molecule has 1 N–H and O–H groups in total. The van der Waals surface area contributed by atoms with Gasteiger partial charge in [-0.1, -0.05) is 19.3 Å². The quantitative estimate of drug-likeness (QED) is 0.836. The van der Waals surface area contributed by atoms with Crippen LogP contribution >= 0.6 is 22.6 Å². The summed E-state index contributed by atoms with van der Waals surface area (Å²) < 4.78 is 3.15. The normalized spacial score (nSPS) is 19.2. The number of rotatable bonds is 2. The highest BCUT2D eigenvalue weighted by Gasteiger charge is 2.26.